The maximum absolute atomic E-state index is 3.57. The molecule has 2 heteroatoms. The molecule has 0 amide bonds. The van der Waals surface area contributed by atoms with E-state index in [1.54, 1.807) is 0 Å². The summed E-state index contributed by atoms with van der Waals surface area (Å²) in [7, 11) is 0. The highest BCUT2D eigenvalue weighted by Crippen LogP contribution is 2.53. The first kappa shape index (κ1) is 13.1. The number of hydrogen-bond acceptors (Lipinski definition) is 1. The van der Waals surface area contributed by atoms with E-state index in [0.717, 1.165) is 24.9 Å². The predicted molar refractivity (Wildman–Crippen MR) is 77.3 cm³/mol. The number of hydrogen-bond donors (Lipinski definition) is 1. The minimum absolute atomic E-state index is 0.397. The molecule has 1 nitrogen and oxygen atoms in total. The summed E-state index contributed by atoms with van der Waals surface area (Å²) in [5.41, 5.74) is 1.87. The monoisotopic (exact) mass is 295 g/mol. The maximum Gasteiger partial charge on any atom is 0.0178 e. The van der Waals surface area contributed by atoms with E-state index in [1.807, 2.05) is 0 Å². The van der Waals surface area contributed by atoms with E-state index in [2.05, 4.69) is 66.3 Å². The van der Waals surface area contributed by atoms with Crippen LogP contribution in [0.2, 0.25) is 0 Å². The summed E-state index contributed by atoms with van der Waals surface area (Å²) in [6, 6.07) is 8.76. The summed E-state index contributed by atoms with van der Waals surface area (Å²) in [6.07, 6.45) is 1.31. The van der Waals surface area contributed by atoms with Crippen LogP contribution in [-0.4, -0.2) is 13.1 Å². The molecule has 0 spiro atoms. The van der Waals surface area contributed by atoms with Gasteiger partial charge in [-0.15, -0.1) is 0 Å². The van der Waals surface area contributed by atoms with Gasteiger partial charge in [-0.1, -0.05) is 48.8 Å². The Hall–Kier alpha value is -0.340. The van der Waals surface area contributed by atoms with Crippen molar-refractivity contribution < 1.29 is 0 Å². The van der Waals surface area contributed by atoms with Crippen molar-refractivity contribution in [3.63, 3.8) is 0 Å². The van der Waals surface area contributed by atoms with Gasteiger partial charge in [0.05, 0.1) is 0 Å². The Morgan fingerprint density at radius 3 is 2.88 bits per heavy atom. The van der Waals surface area contributed by atoms with E-state index in [4.69, 9.17) is 0 Å². The molecule has 1 aliphatic carbocycles. The van der Waals surface area contributed by atoms with Crippen LogP contribution in [0.15, 0.2) is 28.7 Å². The third-order valence-corrected chi connectivity index (χ3v) is 4.33. The first-order valence-electron chi connectivity index (χ1n) is 6.49. The van der Waals surface area contributed by atoms with Gasteiger partial charge in [-0.25, -0.2) is 0 Å². The van der Waals surface area contributed by atoms with Crippen LogP contribution in [0.25, 0.3) is 0 Å². The Labute approximate surface area is 113 Å². The van der Waals surface area contributed by atoms with Gasteiger partial charge in [-0.05, 0) is 54.5 Å². The topological polar surface area (TPSA) is 12.0 Å². The van der Waals surface area contributed by atoms with Gasteiger partial charge >= 0.3 is 0 Å². The molecule has 1 fully saturated rings. The second kappa shape index (κ2) is 5.11. The van der Waals surface area contributed by atoms with E-state index in [9.17, 15) is 0 Å². The van der Waals surface area contributed by atoms with Crippen molar-refractivity contribution in [2.75, 3.05) is 13.1 Å². The van der Waals surface area contributed by atoms with E-state index in [1.165, 1.54) is 16.5 Å². The van der Waals surface area contributed by atoms with Gasteiger partial charge in [0.1, 0.15) is 0 Å². The smallest absolute Gasteiger partial charge is 0.0178 e. The molecular weight excluding hydrogens is 274 g/mol. The van der Waals surface area contributed by atoms with Crippen LogP contribution in [0.1, 0.15) is 32.8 Å². The molecular formula is C15H22BrN. The van der Waals surface area contributed by atoms with Crippen molar-refractivity contribution in [3.8, 4) is 0 Å². The average molecular weight is 296 g/mol. The van der Waals surface area contributed by atoms with Crippen molar-refractivity contribution in [2.24, 2.45) is 11.8 Å². The van der Waals surface area contributed by atoms with Crippen LogP contribution in [-0.2, 0) is 5.41 Å². The van der Waals surface area contributed by atoms with Gasteiger partial charge in [0.25, 0.3) is 0 Å². The standard InChI is InChI=1S/C15H22BrN/c1-11(2)9-17-10-13-8-15(13,3)12-5-4-6-14(16)7-12/h4-7,11,13,17H,8-10H2,1-3H3. The third kappa shape index (κ3) is 3.11. The van der Waals surface area contributed by atoms with Gasteiger partial charge in [0.2, 0.25) is 0 Å². The van der Waals surface area contributed by atoms with Gasteiger partial charge in [0.15, 0.2) is 0 Å². The maximum atomic E-state index is 3.57. The molecule has 0 bridgehead atoms. The zero-order valence-corrected chi connectivity index (χ0v) is 12.5. The first-order valence-corrected chi connectivity index (χ1v) is 7.28. The number of nitrogens with one attached hydrogen (secondary N) is 1. The molecule has 0 saturated heterocycles. The van der Waals surface area contributed by atoms with Gasteiger partial charge in [-0.2, -0.15) is 0 Å². The zero-order valence-electron chi connectivity index (χ0n) is 11.0. The number of halogens is 1. The van der Waals surface area contributed by atoms with Crippen LogP contribution < -0.4 is 5.32 Å². The van der Waals surface area contributed by atoms with Crippen LogP contribution >= 0.6 is 15.9 Å². The van der Waals surface area contributed by atoms with E-state index in [0.29, 0.717) is 5.41 Å². The summed E-state index contributed by atoms with van der Waals surface area (Å²) < 4.78 is 1.19. The van der Waals surface area contributed by atoms with Gasteiger partial charge < -0.3 is 5.32 Å². The fourth-order valence-electron chi connectivity index (χ4n) is 2.49. The van der Waals surface area contributed by atoms with Crippen molar-refractivity contribution in [3.05, 3.63) is 34.3 Å². The fraction of sp³-hybridized carbons (Fsp3) is 0.600. The van der Waals surface area contributed by atoms with Crippen LogP contribution in [0, 0.1) is 11.8 Å². The SMILES string of the molecule is CC(C)CNCC1CC1(C)c1cccc(Br)c1. The largest absolute Gasteiger partial charge is 0.316 e. The molecule has 1 aromatic rings. The highest BCUT2D eigenvalue weighted by Gasteiger charge is 2.50. The van der Waals surface area contributed by atoms with Gasteiger partial charge in [0, 0.05) is 4.47 Å². The molecule has 1 N–H and O–H groups in total. The highest BCUT2D eigenvalue weighted by atomic mass is 79.9. The lowest BCUT2D eigenvalue weighted by Crippen LogP contribution is -2.24. The lowest BCUT2D eigenvalue weighted by atomic mass is 9.95. The molecule has 0 radical (unpaired) electrons. The molecule has 0 aromatic heterocycles. The Bertz CT molecular complexity index is 388. The van der Waals surface area contributed by atoms with Crippen LogP contribution in [0.5, 0.6) is 0 Å². The van der Waals surface area contributed by atoms with Crippen LogP contribution in [0.4, 0.5) is 0 Å². The van der Waals surface area contributed by atoms with E-state index in [-0.39, 0.29) is 0 Å². The summed E-state index contributed by atoms with van der Waals surface area (Å²) >= 11 is 3.56. The molecule has 1 aliphatic rings. The minimum atomic E-state index is 0.397. The average Bonchev–Trinajstić information content (AvgIpc) is 2.91. The van der Waals surface area contributed by atoms with E-state index < -0.39 is 0 Å². The molecule has 2 rings (SSSR count). The fourth-order valence-corrected chi connectivity index (χ4v) is 2.89. The van der Waals surface area contributed by atoms with Crippen molar-refractivity contribution in [1.29, 1.82) is 0 Å². The second-order valence-electron chi connectivity index (χ2n) is 5.88. The lowest BCUT2D eigenvalue weighted by Gasteiger charge is -2.13. The van der Waals surface area contributed by atoms with Crippen molar-refractivity contribution >= 4 is 15.9 Å². The van der Waals surface area contributed by atoms with E-state index >= 15 is 0 Å². The number of benzene rings is 1. The van der Waals surface area contributed by atoms with Crippen LogP contribution in [0.3, 0.4) is 0 Å². The van der Waals surface area contributed by atoms with Crippen molar-refractivity contribution in [1.82, 2.24) is 5.32 Å². The quantitative estimate of drug-likeness (QED) is 0.867. The van der Waals surface area contributed by atoms with Crippen molar-refractivity contribution in [2.45, 2.75) is 32.6 Å². The second-order valence-corrected chi connectivity index (χ2v) is 6.80. The Kier molecular flexibility index (Phi) is 3.94. The van der Waals surface area contributed by atoms with Gasteiger partial charge in [-0.3, -0.25) is 0 Å². The molecule has 94 valence electrons. The Morgan fingerprint density at radius 2 is 2.24 bits per heavy atom. The first-order chi connectivity index (χ1) is 8.02. The Morgan fingerprint density at radius 1 is 1.47 bits per heavy atom. The molecule has 0 heterocycles. The minimum Gasteiger partial charge on any atom is -0.316 e. The zero-order chi connectivity index (χ0) is 12.5. The third-order valence-electron chi connectivity index (χ3n) is 3.84. The summed E-state index contributed by atoms with van der Waals surface area (Å²) in [5.74, 6) is 1.54. The summed E-state index contributed by atoms with van der Waals surface area (Å²) in [6.45, 7) is 9.18. The summed E-state index contributed by atoms with van der Waals surface area (Å²) in [4.78, 5) is 0. The molecule has 1 aromatic carbocycles. The summed E-state index contributed by atoms with van der Waals surface area (Å²) in [5, 5.41) is 3.57. The normalized spacial score (nSPS) is 27.5. The highest BCUT2D eigenvalue weighted by molar-refractivity contribution is 9.10. The molecule has 2 atom stereocenters. The molecule has 0 aliphatic heterocycles. The molecule has 17 heavy (non-hydrogen) atoms. The number of rotatable bonds is 5. The Balaban J connectivity index is 1.91. The predicted octanol–water partition coefficient (Wildman–Crippen LogP) is 3.97. The molecule has 2 unspecified atom stereocenters. The molecule has 1 saturated carbocycles. The lowest BCUT2D eigenvalue weighted by molar-refractivity contribution is 0.515.